The van der Waals surface area contributed by atoms with Gasteiger partial charge in [0.2, 0.25) is 0 Å². The zero-order chi connectivity index (χ0) is 10.1. The molecule has 1 aliphatic carbocycles. The van der Waals surface area contributed by atoms with Crippen molar-refractivity contribution in [2.75, 3.05) is 5.73 Å². The van der Waals surface area contributed by atoms with Crippen molar-refractivity contribution in [1.29, 1.82) is 0 Å². The highest BCUT2D eigenvalue weighted by molar-refractivity contribution is 5.45. The molecule has 3 heteroatoms. The molecule has 0 unspecified atom stereocenters. The Labute approximate surface area is 85.3 Å². The highest BCUT2D eigenvalue weighted by Gasteiger charge is 2.19. The maximum Gasteiger partial charge on any atom is 0.125 e. The van der Waals surface area contributed by atoms with E-state index in [1.54, 1.807) is 0 Å². The summed E-state index contributed by atoms with van der Waals surface area (Å²) < 4.78 is 1.99. The molecule has 0 amide bonds. The number of fused-ring (bicyclic) bond motifs is 1. The molecule has 1 aromatic heterocycles. The maximum atomic E-state index is 6.04. The molecule has 0 aromatic carbocycles. The predicted octanol–water partition coefficient (Wildman–Crippen LogP) is 2.00. The van der Waals surface area contributed by atoms with Crippen molar-refractivity contribution in [2.24, 2.45) is 5.92 Å². The fraction of sp³-hybridized carbons (Fsp3) is 0.727. The normalized spacial score (nSPS) is 15.1. The van der Waals surface area contributed by atoms with E-state index in [1.807, 2.05) is 4.68 Å². The maximum absolute atomic E-state index is 6.04. The third-order valence-corrected chi connectivity index (χ3v) is 2.94. The van der Waals surface area contributed by atoms with Crippen LogP contribution in [0, 0.1) is 5.92 Å². The summed E-state index contributed by atoms with van der Waals surface area (Å²) in [6, 6.07) is 0. The first-order valence-corrected chi connectivity index (χ1v) is 5.52. The molecular formula is C11H19N3. The average molecular weight is 193 g/mol. The van der Waals surface area contributed by atoms with E-state index in [2.05, 4.69) is 18.9 Å². The van der Waals surface area contributed by atoms with Crippen LogP contribution in [0.5, 0.6) is 0 Å². The predicted molar refractivity (Wildman–Crippen MR) is 58.1 cm³/mol. The number of aryl methyl sites for hydroxylation is 2. The van der Waals surface area contributed by atoms with Crippen LogP contribution in [-0.4, -0.2) is 9.78 Å². The highest BCUT2D eigenvalue weighted by Crippen LogP contribution is 2.26. The number of nitrogens with zero attached hydrogens (tertiary/aromatic N) is 2. The smallest absolute Gasteiger partial charge is 0.125 e. The molecule has 2 rings (SSSR count). The van der Waals surface area contributed by atoms with Crippen LogP contribution < -0.4 is 5.73 Å². The van der Waals surface area contributed by atoms with E-state index in [0.29, 0.717) is 5.92 Å². The lowest BCUT2D eigenvalue weighted by molar-refractivity contribution is 0.487. The summed E-state index contributed by atoms with van der Waals surface area (Å²) in [5.74, 6) is 1.63. The lowest BCUT2D eigenvalue weighted by atomic mass is 10.1. The van der Waals surface area contributed by atoms with Gasteiger partial charge in [0.25, 0.3) is 0 Å². The van der Waals surface area contributed by atoms with Crippen molar-refractivity contribution >= 4 is 5.82 Å². The van der Waals surface area contributed by atoms with Gasteiger partial charge in [-0.1, -0.05) is 13.8 Å². The van der Waals surface area contributed by atoms with Crippen LogP contribution in [0.1, 0.15) is 37.9 Å². The number of rotatable bonds is 3. The molecule has 0 atom stereocenters. The van der Waals surface area contributed by atoms with Crippen molar-refractivity contribution in [2.45, 2.75) is 46.1 Å². The zero-order valence-electron chi connectivity index (χ0n) is 9.08. The van der Waals surface area contributed by atoms with Gasteiger partial charge < -0.3 is 5.73 Å². The first-order valence-electron chi connectivity index (χ1n) is 5.52. The first-order chi connectivity index (χ1) is 6.68. The molecule has 0 spiro atoms. The number of anilines is 1. The minimum atomic E-state index is 0.716. The van der Waals surface area contributed by atoms with E-state index in [-0.39, 0.29) is 0 Å². The van der Waals surface area contributed by atoms with Gasteiger partial charge in [-0.05, 0) is 31.6 Å². The fourth-order valence-electron chi connectivity index (χ4n) is 2.02. The van der Waals surface area contributed by atoms with E-state index < -0.39 is 0 Å². The quantitative estimate of drug-likeness (QED) is 0.798. The lowest BCUT2D eigenvalue weighted by Crippen LogP contribution is -2.08. The topological polar surface area (TPSA) is 43.8 Å². The molecule has 0 saturated carbocycles. The molecule has 1 aliphatic rings. The standard InChI is InChI=1S/C11H19N3/c1-8(2)6-7-14-11(12)9-4-3-5-10(9)13-14/h8H,3-7,12H2,1-2H3. The molecule has 0 bridgehead atoms. The molecule has 0 aliphatic heterocycles. The van der Waals surface area contributed by atoms with Crippen molar-refractivity contribution in [3.8, 4) is 0 Å². The van der Waals surface area contributed by atoms with Crippen LogP contribution in [0.4, 0.5) is 5.82 Å². The fourth-order valence-corrected chi connectivity index (χ4v) is 2.02. The molecule has 0 radical (unpaired) electrons. The minimum absolute atomic E-state index is 0.716. The number of nitrogen functional groups attached to an aromatic ring is 1. The number of aromatic nitrogens is 2. The van der Waals surface area contributed by atoms with Gasteiger partial charge in [0.1, 0.15) is 5.82 Å². The van der Waals surface area contributed by atoms with Gasteiger partial charge in [-0.15, -0.1) is 0 Å². The summed E-state index contributed by atoms with van der Waals surface area (Å²) in [5, 5.41) is 4.55. The highest BCUT2D eigenvalue weighted by atomic mass is 15.3. The molecule has 0 fully saturated rings. The second-order valence-corrected chi connectivity index (χ2v) is 4.57. The molecule has 1 heterocycles. The summed E-state index contributed by atoms with van der Waals surface area (Å²) in [4.78, 5) is 0. The Bertz CT molecular complexity index is 326. The van der Waals surface area contributed by atoms with E-state index in [4.69, 9.17) is 5.73 Å². The van der Waals surface area contributed by atoms with Crippen LogP contribution >= 0.6 is 0 Å². The SMILES string of the molecule is CC(C)CCn1nc2c(c1N)CCC2. The van der Waals surface area contributed by atoms with Crippen LogP contribution in [0.3, 0.4) is 0 Å². The molecule has 2 N–H and O–H groups in total. The largest absolute Gasteiger partial charge is 0.384 e. The first kappa shape index (κ1) is 9.56. The Morgan fingerprint density at radius 3 is 2.86 bits per heavy atom. The summed E-state index contributed by atoms with van der Waals surface area (Å²) in [5.41, 5.74) is 8.60. The Morgan fingerprint density at radius 2 is 2.21 bits per heavy atom. The lowest BCUT2D eigenvalue weighted by Gasteiger charge is -2.07. The summed E-state index contributed by atoms with van der Waals surface area (Å²) in [6.07, 6.45) is 4.63. The van der Waals surface area contributed by atoms with Gasteiger partial charge in [0.05, 0.1) is 5.69 Å². The number of hydrogen-bond acceptors (Lipinski definition) is 2. The van der Waals surface area contributed by atoms with Crippen molar-refractivity contribution in [3.05, 3.63) is 11.3 Å². The van der Waals surface area contributed by atoms with Crippen LogP contribution in [0.25, 0.3) is 0 Å². The Balaban J connectivity index is 2.12. The van der Waals surface area contributed by atoms with Crippen LogP contribution in [0.2, 0.25) is 0 Å². The van der Waals surface area contributed by atoms with Gasteiger partial charge in [-0.2, -0.15) is 5.10 Å². The van der Waals surface area contributed by atoms with Gasteiger partial charge in [0.15, 0.2) is 0 Å². The van der Waals surface area contributed by atoms with E-state index in [1.165, 1.54) is 17.7 Å². The number of hydrogen-bond donors (Lipinski definition) is 1. The Hall–Kier alpha value is -0.990. The zero-order valence-corrected chi connectivity index (χ0v) is 9.08. The second kappa shape index (κ2) is 3.64. The summed E-state index contributed by atoms with van der Waals surface area (Å²) in [7, 11) is 0. The molecule has 78 valence electrons. The molecule has 1 aromatic rings. The molecule has 14 heavy (non-hydrogen) atoms. The molecule has 3 nitrogen and oxygen atoms in total. The van der Waals surface area contributed by atoms with Gasteiger partial charge in [0, 0.05) is 12.1 Å². The average Bonchev–Trinajstić information content (AvgIpc) is 2.66. The third-order valence-electron chi connectivity index (χ3n) is 2.94. The summed E-state index contributed by atoms with van der Waals surface area (Å²) >= 11 is 0. The summed E-state index contributed by atoms with van der Waals surface area (Å²) in [6.45, 7) is 5.43. The third kappa shape index (κ3) is 1.63. The van der Waals surface area contributed by atoms with Crippen LogP contribution in [0.15, 0.2) is 0 Å². The molecular weight excluding hydrogens is 174 g/mol. The molecule has 0 saturated heterocycles. The number of nitrogens with two attached hydrogens (primary N) is 1. The van der Waals surface area contributed by atoms with E-state index >= 15 is 0 Å². The minimum Gasteiger partial charge on any atom is -0.384 e. The van der Waals surface area contributed by atoms with Gasteiger partial charge in [-0.25, -0.2) is 4.68 Å². The second-order valence-electron chi connectivity index (χ2n) is 4.57. The Morgan fingerprint density at radius 1 is 1.43 bits per heavy atom. The van der Waals surface area contributed by atoms with Crippen molar-refractivity contribution in [3.63, 3.8) is 0 Å². The van der Waals surface area contributed by atoms with Crippen molar-refractivity contribution in [1.82, 2.24) is 9.78 Å². The van der Waals surface area contributed by atoms with E-state index in [9.17, 15) is 0 Å². The monoisotopic (exact) mass is 193 g/mol. The van der Waals surface area contributed by atoms with Gasteiger partial charge >= 0.3 is 0 Å². The van der Waals surface area contributed by atoms with Crippen LogP contribution in [-0.2, 0) is 19.4 Å². The van der Waals surface area contributed by atoms with E-state index in [0.717, 1.165) is 31.6 Å². The van der Waals surface area contributed by atoms with Gasteiger partial charge in [-0.3, -0.25) is 0 Å². The Kier molecular flexibility index (Phi) is 2.48. The van der Waals surface area contributed by atoms with Crippen molar-refractivity contribution < 1.29 is 0 Å².